The van der Waals surface area contributed by atoms with Crippen molar-refractivity contribution >= 4 is 17.7 Å². The summed E-state index contributed by atoms with van der Waals surface area (Å²) in [6.45, 7) is 5.03. The van der Waals surface area contributed by atoms with Gasteiger partial charge in [0.15, 0.2) is 5.78 Å². The Hall–Kier alpha value is -2.63. The van der Waals surface area contributed by atoms with Crippen LogP contribution in [-0.4, -0.2) is 28.4 Å². The number of benzene rings is 1. The minimum Gasteiger partial charge on any atom is -0.507 e. The van der Waals surface area contributed by atoms with Gasteiger partial charge >= 0.3 is 6.09 Å². The lowest BCUT2D eigenvalue weighted by molar-refractivity contribution is 0.0539. The number of nitrogens with one attached hydrogen (secondary N) is 1. The highest BCUT2D eigenvalue weighted by Crippen LogP contribution is 2.27. The van der Waals surface area contributed by atoms with E-state index in [0.29, 0.717) is 0 Å². The second-order valence-electron chi connectivity index (χ2n) is 5.58. The first-order valence-electron chi connectivity index (χ1n) is 6.32. The van der Waals surface area contributed by atoms with E-state index in [9.17, 15) is 19.5 Å². The standard InChI is InChI=1S/C15H15NO5/c1-15(2,3)21-14(20)16-9-7-11(18)8-5-4-6-10(17)12(8)13(9)19/h4-7,17H,1-3H3,(H,16,20). The van der Waals surface area contributed by atoms with Crippen molar-refractivity contribution in [2.75, 3.05) is 0 Å². The normalized spacial score (nSPS) is 14.3. The number of rotatable bonds is 1. The number of carbonyl (C=O) groups excluding carboxylic acids is 3. The SMILES string of the molecule is CC(C)(C)OC(=O)NC1=CC(=O)c2cccc(O)c2C1=O. The van der Waals surface area contributed by atoms with Crippen LogP contribution in [0.15, 0.2) is 30.0 Å². The van der Waals surface area contributed by atoms with Crippen molar-refractivity contribution in [3.05, 3.63) is 41.1 Å². The van der Waals surface area contributed by atoms with Gasteiger partial charge in [-0.2, -0.15) is 0 Å². The number of hydrogen-bond acceptors (Lipinski definition) is 5. The molecule has 0 aromatic heterocycles. The predicted octanol–water partition coefficient (Wildman–Crippen LogP) is 2.18. The second kappa shape index (κ2) is 5.05. The summed E-state index contributed by atoms with van der Waals surface area (Å²) in [5.41, 5.74) is -0.957. The highest BCUT2D eigenvalue weighted by atomic mass is 16.6. The number of amides is 1. The third-order valence-corrected chi connectivity index (χ3v) is 2.69. The zero-order valence-electron chi connectivity index (χ0n) is 11.9. The molecule has 1 aromatic carbocycles. The van der Waals surface area contributed by atoms with Crippen LogP contribution in [0.4, 0.5) is 4.79 Å². The molecule has 6 heteroatoms. The van der Waals surface area contributed by atoms with Crippen molar-refractivity contribution in [2.24, 2.45) is 0 Å². The Morgan fingerprint density at radius 1 is 1.24 bits per heavy atom. The molecule has 0 saturated carbocycles. The first-order chi connectivity index (χ1) is 9.69. The van der Waals surface area contributed by atoms with E-state index in [1.165, 1.54) is 18.2 Å². The molecule has 21 heavy (non-hydrogen) atoms. The molecule has 0 spiro atoms. The Kier molecular flexibility index (Phi) is 3.55. The van der Waals surface area contributed by atoms with E-state index in [0.717, 1.165) is 6.08 Å². The number of hydrogen-bond donors (Lipinski definition) is 2. The molecule has 6 nitrogen and oxygen atoms in total. The van der Waals surface area contributed by atoms with E-state index >= 15 is 0 Å². The number of alkyl carbamates (subject to hydrolysis) is 1. The molecular formula is C15H15NO5. The van der Waals surface area contributed by atoms with Gasteiger partial charge in [-0.05, 0) is 26.8 Å². The van der Waals surface area contributed by atoms with Gasteiger partial charge in [-0.15, -0.1) is 0 Å². The summed E-state index contributed by atoms with van der Waals surface area (Å²) >= 11 is 0. The molecule has 0 saturated heterocycles. The summed E-state index contributed by atoms with van der Waals surface area (Å²) in [6.07, 6.45) is 0.183. The minimum atomic E-state index is -0.839. The zero-order valence-corrected chi connectivity index (χ0v) is 11.9. The van der Waals surface area contributed by atoms with Crippen LogP contribution in [0.3, 0.4) is 0 Å². The van der Waals surface area contributed by atoms with Crippen molar-refractivity contribution in [3.63, 3.8) is 0 Å². The van der Waals surface area contributed by atoms with Crippen molar-refractivity contribution in [2.45, 2.75) is 26.4 Å². The summed E-state index contributed by atoms with van der Waals surface area (Å²) in [5.74, 6) is -1.40. The number of aromatic hydroxyl groups is 1. The van der Waals surface area contributed by atoms with Crippen molar-refractivity contribution in [1.29, 1.82) is 0 Å². The van der Waals surface area contributed by atoms with Crippen molar-refractivity contribution < 1.29 is 24.2 Å². The Balaban J connectivity index is 2.28. The lowest BCUT2D eigenvalue weighted by Gasteiger charge is -2.21. The van der Waals surface area contributed by atoms with Gasteiger partial charge in [-0.1, -0.05) is 12.1 Å². The van der Waals surface area contributed by atoms with E-state index in [1.807, 2.05) is 0 Å². The molecular weight excluding hydrogens is 274 g/mol. The van der Waals surface area contributed by atoms with Gasteiger partial charge in [0.25, 0.3) is 0 Å². The predicted molar refractivity (Wildman–Crippen MR) is 74.2 cm³/mol. The van der Waals surface area contributed by atoms with Crippen molar-refractivity contribution in [3.8, 4) is 5.75 Å². The fourth-order valence-electron chi connectivity index (χ4n) is 1.90. The van der Waals surface area contributed by atoms with Crippen LogP contribution >= 0.6 is 0 Å². The number of ketones is 2. The quantitative estimate of drug-likeness (QED) is 0.826. The fourth-order valence-corrected chi connectivity index (χ4v) is 1.90. The number of Topliss-reactive ketones (excluding diaryl/α,β-unsaturated/α-hetero) is 1. The highest BCUT2D eigenvalue weighted by molar-refractivity contribution is 6.26. The maximum atomic E-state index is 12.2. The van der Waals surface area contributed by atoms with Gasteiger partial charge in [0.2, 0.25) is 5.78 Å². The third-order valence-electron chi connectivity index (χ3n) is 2.69. The molecule has 0 heterocycles. The molecule has 0 fully saturated rings. The minimum absolute atomic E-state index is 0.106. The van der Waals surface area contributed by atoms with Gasteiger partial charge in [0.05, 0.1) is 11.3 Å². The zero-order chi connectivity index (χ0) is 15.8. The second-order valence-corrected chi connectivity index (χ2v) is 5.58. The maximum absolute atomic E-state index is 12.2. The third kappa shape index (κ3) is 3.10. The Morgan fingerprint density at radius 3 is 2.52 bits per heavy atom. The van der Waals surface area contributed by atoms with Crippen LogP contribution in [0.5, 0.6) is 5.75 Å². The molecule has 0 atom stereocenters. The van der Waals surface area contributed by atoms with E-state index in [2.05, 4.69) is 5.32 Å². The molecule has 2 N–H and O–H groups in total. The molecule has 0 radical (unpaired) electrons. The van der Waals surface area contributed by atoms with Gasteiger partial charge in [0.1, 0.15) is 11.4 Å². The van der Waals surface area contributed by atoms with E-state index in [-0.39, 0.29) is 22.6 Å². The Morgan fingerprint density at radius 2 is 1.90 bits per heavy atom. The lowest BCUT2D eigenvalue weighted by atomic mass is 9.92. The summed E-state index contributed by atoms with van der Waals surface area (Å²) in [7, 11) is 0. The number of phenolic OH excluding ortho intramolecular Hbond substituents is 1. The fraction of sp³-hybridized carbons (Fsp3) is 0.267. The molecule has 1 amide bonds. The monoisotopic (exact) mass is 289 g/mol. The summed E-state index contributed by atoms with van der Waals surface area (Å²) < 4.78 is 5.03. The van der Waals surface area contributed by atoms with Gasteiger partial charge in [-0.25, -0.2) is 4.79 Å². The topological polar surface area (TPSA) is 92.7 Å². The summed E-state index contributed by atoms with van der Waals surface area (Å²) in [5, 5.41) is 12.0. The number of allylic oxidation sites excluding steroid dienone is 2. The molecule has 1 aliphatic carbocycles. The van der Waals surface area contributed by atoms with Crippen LogP contribution in [0.2, 0.25) is 0 Å². The maximum Gasteiger partial charge on any atom is 0.412 e. The van der Waals surface area contributed by atoms with E-state index in [4.69, 9.17) is 4.74 Å². The number of carbonyl (C=O) groups is 3. The first-order valence-corrected chi connectivity index (χ1v) is 6.32. The Labute approximate surface area is 121 Å². The van der Waals surface area contributed by atoms with Gasteiger partial charge in [-0.3, -0.25) is 14.9 Å². The number of phenols is 1. The van der Waals surface area contributed by atoms with Crippen LogP contribution in [-0.2, 0) is 4.74 Å². The Bertz CT molecular complexity index is 667. The lowest BCUT2D eigenvalue weighted by Crippen LogP contribution is -2.36. The van der Waals surface area contributed by atoms with Gasteiger partial charge < -0.3 is 9.84 Å². The van der Waals surface area contributed by atoms with Crippen LogP contribution in [0.25, 0.3) is 0 Å². The summed E-state index contributed by atoms with van der Waals surface area (Å²) in [4.78, 5) is 35.8. The molecule has 0 unspecified atom stereocenters. The molecule has 0 aliphatic heterocycles. The average molecular weight is 289 g/mol. The van der Waals surface area contributed by atoms with Crippen molar-refractivity contribution in [1.82, 2.24) is 5.32 Å². The highest BCUT2D eigenvalue weighted by Gasteiger charge is 2.30. The van der Waals surface area contributed by atoms with Crippen LogP contribution < -0.4 is 5.32 Å². The first kappa shape index (κ1) is 14.8. The summed E-state index contributed by atoms with van der Waals surface area (Å²) in [6, 6.07) is 4.22. The molecule has 1 aliphatic rings. The molecule has 2 rings (SSSR count). The van der Waals surface area contributed by atoms with Crippen LogP contribution in [0, 0.1) is 0 Å². The number of fused-ring (bicyclic) bond motifs is 1. The molecule has 1 aromatic rings. The smallest absolute Gasteiger partial charge is 0.412 e. The van der Waals surface area contributed by atoms with E-state index in [1.54, 1.807) is 20.8 Å². The molecule has 110 valence electrons. The average Bonchev–Trinajstić information content (AvgIpc) is 2.33. The number of ether oxygens (including phenoxy) is 1. The largest absolute Gasteiger partial charge is 0.507 e. The van der Waals surface area contributed by atoms with Crippen LogP contribution in [0.1, 0.15) is 41.5 Å². The molecule has 0 bridgehead atoms. The van der Waals surface area contributed by atoms with Gasteiger partial charge in [0, 0.05) is 11.6 Å². The van der Waals surface area contributed by atoms with E-state index < -0.39 is 23.3 Å².